The van der Waals surface area contributed by atoms with Gasteiger partial charge in [0.2, 0.25) is 0 Å². The summed E-state index contributed by atoms with van der Waals surface area (Å²) in [4.78, 5) is 2.20. The molecule has 0 atom stereocenters. The average Bonchev–Trinajstić information content (AvgIpc) is 2.24. The van der Waals surface area contributed by atoms with Crippen molar-refractivity contribution in [3.63, 3.8) is 0 Å². The summed E-state index contributed by atoms with van der Waals surface area (Å²) in [5, 5.41) is 3.42. The maximum absolute atomic E-state index is 14.2. The van der Waals surface area contributed by atoms with Crippen molar-refractivity contribution in [3.8, 4) is 0 Å². The van der Waals surface area contributed by atoms with Gasteiger partial charge < -0.3 is 5.32 Å². The van der Waals surface area contributed by atoms with Gasteiger partial charge in [0.15, 0.2) is 0 Å². The van der Waals surface area contributed by atoms with Gasteiger partial charge in [-0.1, -0.05) is 19.3 Å². The third kappa shape index (κ3) is 2.95. The molecule has 0 aromatic rings. The second kappa shape index (κ2) is 5.01. The molecule has 2 rings (SSSR count). The van der Waals surface area contributed by atoms with Crippen molar-refractivity contribution in [2.24, 2.45) is 0 Å². The van der Waals surface area contributed by atoms with E-state index in [-0.39, 0.29) is 0 Å². The number of likely N-dealkylation sites (tertiary alicyclic amines) is 1. The maximum Gasteiger partial charge on any atom is 0.148 e. The molecule has 2 fully saturated rings. The Balaban J connectivity index is 1.66. The van der Waals surface area contributed by atoms with Gasteiger partial charge in [-0.2, -0.15) is 0 Å². The van der Waals surface area contributed by atoms with Crippen molar-refractivity contribution in [1.82, 2.24) is 10.2 Å². The van der Waals surface area contributed by atoms with Gasteiger partial charge in [-0.3, -0.25) is 4.90 Å². The summed E-state index contributed by atoms with van der Waals surface area (Å²) in [5.41, 5.74) is -0.957. The van der Waals surface area contributed by atoms with Gasteiger partial charge in [0.25, 0.3) is 0 Å². The molecule has 16 heavy (non-hydrogen) atoms. The monoisotopic (exact) mass is 228 g/mol. The van der Waals surface area contributed by atoms with E-state index in [0.717, 1.165) is 0 Å². The first-order valence-electron chi connectivity index (χ1n) is 6.75. The van der Waals surface area contributed by atoms with Crippen LogP contribution in [-0.4, -0.2) is 42.3 Å². The smallest absolute Gasteiger partial charge is 0.148 e. The van der Waals surface area contributed by atoms with Crippen molar-refractivity contribution in [2.75, 3.05) is 19.6 Å². The van der Waals surface area contributed by atoms with E-state index in [4.69, 9.17) is 0 Å². The van der Waals surface area contributed by atoms with E-state index in [2.05, 4.69) is 24.1 Å². The molecular weight excluding hydrogens is 203 g/mol. The number of halogens is 1. The second-order valence-corrected chi connectivity index (χ2v) is 5.87. The molecule has 1 aliphatic carbocycles. The zero-order chi connectivity index (χ0) is 11.6. The Morgan fingerprint density at radius 1 is 1.25 bits per heavy atom. The fourth-order valence-electron chi connectivity index (χ4n) is 2.79. The summed E-state index contributed by atoms with van der Waals surface area (Å²) in [7, 11) is 0. The van der Waals surface area contributed by atoms with Crippen molar-refractivity contribution in [2.45, 2.75) is 63.7 Å². The Morgan fingerprint density at radius 2 is 1.88 bits per heavy atom. The molecule has 94 valence electrons. The number of rotatable bonds is 4. The molecule has 0 aromatic carbocycles. The largest absolute Gasteiger partial charge is 0.311 e. The van der Waals surface area contributed by atoms with Crippen molar-refractivity contribution in [1.29, 1.82) is 0 Å². The highest BCUT2D eigenvalue weighted by molar-refractivity contribution is 4.99. The van der Waals surface area contributed by atoms with E-state index in [1.165, 1.54) is 32.1 Å². The molecule has 0 radical (unpaired) electrons. The molecule has 2 nitrogen and oxygen atoms in total. The van der Waals surface area contributed by atoms with Gasteiger partial charge in [0, 0.05) is 31.7 Å². The SMILES string of the molecule is CC(C)N1CC(F)(CNC2CCCCC2)C1. The van der Waals surface area contributed by atoms with Crippen LogP contribution in [-0.2, 0) is 0 Å². The van der Waals surface area contributed by atoms with Crippen LogP contribution in [0.15, 0.2) is 0 Å². The van der Waals surface area contributed by atoms with Gasteiger partial charge in [-0.25, -0.2) is 4.39 Å². The van der Waals surface area contributed by atoms with Crippen molar-refractivity contribution >= 4 is 0 Å². The average molecular weight is 228 g/mol. The minimum atomic E-state index is -0.957. The van der Waals surface area contributed by atoms with E-state index >= 15 is 0 Å². The van der Waals surface area contributed by atoms with Crippen LogP contribution in [0.25, 0.3) is 0 Å². The molecule has 2 aliphatic rings. The molecule has 3 heteroatoms. The first-order chi connectivity index (χ1) is 7.59. The molecule has 1 saturated carbocycles. The summed E-state index contributed by atoms with van der Waals surface area (Å²) in [6.45, 7) is 6.05. The summed E-state index contributed by atoms with van der Waals surface area (Å²) in [5.74, 6) is 0. The molecule has 1 heterocycles. The third-order valence-corrected chi connectivity index (χ3v) is 4.02. The number of hydrogen-bond acceptors (Lipinski definition) is 2. The highest BCUT2D eigenvalue weighted by Crippen LogP contribution is 2.27. The van der Waals surface area contributed by atoms with Gasteiger partial charge in [0.1, 0.15) is 5.67 Å². The Kier molecular flexibility index (Phi) is 3.85. The zero-order valence-electron chi connectivity index (χ0n) is 10.6. The highest BCUT2D eigenvalue weighted by atomic mass is 19.1. The van der Waals surface area contributed by atoms with E-state index in [9.17, 15) is 4.39 Å². The lowest BCUT2D eigenvalue weighted by atomic mass is 9.91. The predicted octanol–water partition coefficient (Wildman–Crippen LogP) is 2.34. The molecule has 0 aromatic heterocycles. The van der Waals surface area contributed by atoms with Gasteiger partial charge in [-0.05, 0) is 26.7 Å². The van der Waals surface area contributed by atoms with Crippen LogP contribution in [0, 0.1) is 0 Å². The minimum absolute atomic E-state index is 0.485. The van der Waals surface area contributed by atoms with E-state index in [1.54, 1.807) is 0 Å². The number of nitrogens with one attached hydrogen (secondary N) is 1. The van der Waals surface area contributed by atoms with Crippen LogP contribution < -0.4 is 5.32 Å². The van der Waals surface area contributed by atoms with E-state index in [0.29, 0.717) is 31.7 Å². The Labute approximate surface area is 98.6 Å². The zero-order valence-corrected chi connectivity index (χ0v) is 10.6. The number of alkyl halides is 1. The standard InChI is InChI=1S/C13H25FN2/c1-11(2)16-9-13(14,10-16)8-15-12-6-4-3-5-7-12/h11-12,15H,3-10H2,1-2H3. The summed E-state index contributed by atoms with van der Waals surface area (Å²) >= 11 is 0. The summed E-state index contributed by atoms with van der Waals surface area (Å²) < 4.78 is 14.2. The van der Waals surface area contributed by atoms with Crippen molar-refractivity contribution in [3.05, 3.63) is 0 Å². The van der Waals surface area contributed by atoms with Crippen molar-refractivity contribution < 1.29 is 4.39 Å². The molecule has 1 saturated heterocycles. The quantitative estimate of drug-likeness (QED) is 0.794. The number of hydrogen-bond donors (Lipinski definition) is 1. The minimum Gasteiger partial charge on any atom is -0.311 e. The molecule has 1 N–H and O–H groups in total. The van der Waals surface area contributed by atoms with Crippen LogP contribution >= 0.6 is 0 Å². The van der Waals surface area contributed by atoms with E-state index in [1.807, 2.05) is 0 Å². The maximum atomic E-state index is 14.2. The fourth-order valence-corrected chi connectivity index (χ4v) is 2.79. The predicted molar refractivity (Wildman–Crippen MR) is 65.4 cm³/mol. The van der Waals surface area contributed by atoms with Gasteiger partial charge >= 0.3 is 0 Å². The normalized spacial score (nSPS) is 27.0. The van der Waals surface area contributed by atoms with Crippen LogP contribution in [0.2, 0.25) is 0 Å². The third-order valence-electron chi connectivity index (χ3n) is 4.02. The highest BCUT2D eigenvalue weighted by Gasteiger charge is 2.44. The lowest BCUT2D eigenvalue weighted by Gasteiger charge is -2.47. The van der Waals surface area contributed by atoms with Gasteiger partial charge in [-0.15, -0.1) is 0 Å². The first kappa shape index (κ1) is 12.3. The topological polar surface area (TPSA) is 15.3 Å². The molecule has 0 spiro atoms. The van der Waals surface area contributed by atoms with Crippen LogP contribution in [0.5, 0.6) is 0 Å². The van der Waals surface area contributed by atoms with Gasteiger partial charge in [0.05, 0.1) is 0 Å². The lowest BCUT2D eigenvalue weighted by Crippen LogP contribution is -2.65. The van der Waals surface area contributed by atoms with Crippen LogP contribution in [0.3, 0.4) is 0 Å². The Morgan fingerprint density at radius 3 is 2.44 bits per heavy atom. The Hall–Kier alpha value is -0.150. The van der Waals surface area contributed by atoms with E-state index < -0.39 is 5.67 Å². The molecule has 0 bridgehead atoms. The molecular formula is C13H25FN2. The fraction of sp³-hybridized carbons (Fsp3) is 1.00. The second-order valence-electron chi connectivity index (χ2n) is 5.87. The Bertz CT molecular complexity index is 218. The first-order valence-corrected chi connectivity index (χ1v) is 6.75. The van der Waals surface area contributed by atoms with Crippen LogP contribution in [0.4, 0.5) is 4.39 Å². The lowest BCUT2D eigenvalue weighted by molar-refractivity contribution is -0.0497. The molecule has 0 unspecified atom stereocenters. The summed E-state index contributed by atoms with van der Waals surface area (Å²) in [6.07, 6.45) is 6.47. The summed E-state index contributed by atoms with van der Waals surface area (Å²) in [6, 6.07) is 1.06. The number of nitrogens with zero attached hydrogens (tertiary/aromatic N) is 1. The van der Waals surface area contributed by atoms with Crippen LogP contribution in [0.1, 0.15) is 46.0 Å². The molecule has 0 amide bonds. The molecule has 1 aliphatic heterocycles.